The lowest BCUT2D eigenvalue weighted by molar-refractivity contribution is -0.140. The van der Waals surface area contributed by atoms with E-state index >= 15 is 0 Å². The summed E-state index contributed by atoms with van der Waals surface area (Å²) in [6.07, 6.45) is 0. The van der Waals surface area contributed by atoms with Gasteiger partial charge >= 0.3 is 0 Å². The van der Waals surface area contributed by atoms with E-state index in [-0.39, 0.29) is 37.7 Å². The molecule has 8 heteroatoms. The fourth-order valence-corrected chi connectivity index (χ4v) is 3.46. The molecule has 1 saturated heterocycles. The maximum atomic E-state index is 13.5. The first-order valence-corrected chi connectivity index (χ1v) is 9.93. The lowest BCUT2D eigenvalue weighted by Crippen LogP contribution is -2.33. The van der Waals surface area contributed by atoms with Crippen LogP contribution >= 0.6 is 0 Å². The van der Waals surface area contributed by atoms with Crippen LogP contribution in [0.25, 0.3) is 5.76 Å². The molecule has 0 unspecified atom stereocenters. The van der Waals surface area contributed by atoms with E-state index in [2.05, 4.69) is 0 Å². The summed E-state index contributed by atoms with van der Waals surface area (Å²) in [5, 5.41) is 19.8. The summed E-state index contributed by atoms with van der Waals surface area (Å²) in [6.45, 7) is 2.41. The predicted molar refractivity (Wildman–Crippen MR) is 111 cm³/mol. The zero-order valence-electron chi connectivity index (χ0n) is 17.1. The molecule has 0 saturated carbocycles. The van der Waals surface area contributed by atoms with E-state index in [0.717, 1.165) is 0 Å². The number of hydrogen-bond acceptors (Lipinski definition) is 6. The van der Waals surface area contributed by atoms with Gasteiger partial charge in [-0.2, -0.15) is 0 Å². The minimum absolute atomic E-state index is 0.0622. The summed E-state index contributed by atoms with van der Waals surface area (Å²) < 4.78 is 24.1. The third-order valence-corrected chi connectivity index (χ3v) is 4.88. The van der Waals surface area contributed by atoms with E-state index in [0.29, 0.717) is 23.5 Å². The molecule has 1 fully saturated rings. The third kappa shape index (κ3) is 4.92. The second-order valence-electron chi connectivity index (χ2n) is 6.84. The summed E-state index contributed by atoms with van der Waals surface area (Å²) in [5.74, 6) is -1.79. The zero-order valence-corrected chi connectivity index (χ0v) is 17.1. The number of nitrogens with zero attached hydrogens (tertiary/aromatic N) is 1. The molecular weight excluding hydrogens is 405 g/mol. The summed E-state index contributed by atoms with van der Waals surface area (Å²) in [6, 6.07) is 11.0. The van der Waals surface area contributed by atoms with Crippen molar-refractivity contribution >= 4 is 17.4 Å². The van der Waals surface area contributed by atoms with Crippen LogP contribution in [0.4, 0.5) is 4.39 Å². The topological polar surface area (TPSA) is 96.3 Å². The van der Waals surface area contributed by atoms with Gasteiger partial charge in [0.15, 0.2) is 0 Å². The number of amides is 1. The highest BCUT2D eigenvalue weighted by atomic mass is 19.1. The van der Waals surface area contributed by atoms with Gasteiger partial charge in [-0.3, -0.25) is 9.59 Å². The molecule has 0 aliphatic carbocycles. The van der Waals surface area contributed by atoms with E-state index in [9.17, 15) is 19.1 Å². The molecule has 7 nitrogen and oxygen atoms in total. The van der Waals surface area contributed by atoms with Gasteiger partial charge in [0.05, 0.1) is 38.0 Å². The third-order valence-electron chi connectivity index (χ3n) is 4.88. The number of likely N-dealkylation sites (tertiary alicyclic amines) is 1. The van der Waals surface area contributed by atoms with Gasteiger partial charge in [0, 0.05) is 12.1 Å². The van der Waals surface area contributed by atoms with Crippen LogP contribution in [0.15, 0.2) is 54.1 Å². The average Bonchev–Trinajstić information content (AvgIpc) is 3.02. The second kappa shape index (κ2) is 10.2. The van der Waals surface area contributed by atoms with Gasteiger partial charge in [0.2, 0.25) is 0 Å². The number of ether oxygens (including phenoxy) is 2. The van der Waals surface area contributed by atoms with Crippen molar-refractivity contribution in [3.63, 3.8) is 0 Å². The van der Waals surface area contributed by atoms with Crippen molar-refractivity contribution < 1.29 is 33.7 Å². The molecule has 2 aromatic carbocycles. The van der Waals surface area contributed by atoms with Crippen LogP contribution in [0.3, 0.4) is 0 Å². The summed E-state index contributed by atoms with van der Waals surface area (Å²) in [5.41, 5.74) is 0.753. The van der Waals surface area contributed by atoms with Crippen LogP contribution in [0.1, 0.15) is 24.1 Å². The molecule has 1 amide bonds. The van der Waals surface area contributed by atoms with Crippen LogP contribution in [0.2, 0.25) is 0 Å². The van der Waals surface area contributed by atoms with Crippen molar-refractivity contribution in [1.82, 2.24) is 4.90 Å². The molecule has 1 aliphatic heterocycles. The number of ketones is 1. The molecule has 2 aromatic rings. The molecule has 1 aliphatic rings. The van der Waals surface area contributed by atoms with Crippen molar-refractivity contribution in [2.75, 3.05) is 33.0 Å². The molecule has 3 rings (SSSR count). The van der Waals surface area contributed by atoms with Crippen molar-refractivity contribution in [1.29, 1.82) is 0 Å². The number of carbonyl (C=O) groups is 2. The average molecular weight is 429 g/mol. The molecule has 31 heavy (non-hydrogen) atoms. The van der Waals surface area contributed by atoms with Crippen molar-refractivity contribution in [3.8, 4) is 5.75 Å². The molecule has 1 atom stereocenters. The monoisotopic (exact) mass is 429 g/mol. The fraction of sp³-hybridized carbons (Fsp3) is 0.304. The first-order chi connectivity index (χ1) is 15.0. The largest absolute Gasteiger partial charge is 0.507 e. The van der Waals surface area contributed by atoms with Crippen LogP contribution in [-0.2, 0) is 14.3 Å². The summed E-state index contributed by atoms with van der Waals surface area (Å²) >= 11 is 0. The number of benzene rings is 2. The summed E-state index contributed by atoms with van der Waals surface area (Å²) in [4.78, 5) is 26.9. The SMILES string of the molecule is CCOc1ccc(C(O)=C2C(=O)C(=O)N(CCOCCO)[C@@H]2c2ccc(F)cc2)cc1. The van der Waals surface area contributed by atoms with E-state index in [4.69, 9.17) is 14.6 Å². The molecule has 0 aromatic heterocycles. The molecule has 0 bridgehead atoms. The van der Waals surface area contributed by atoms with Crippen molar-refractivity contribution in [2.45, 2.75) is 13.0 Å². The van der Waals surface area contributed by atoms with E-state index in [1.54, 1.807) is 24.3 Å². The number of hydrogen-bond donors (Lipinski definition) is 2. The molecule has 0 spiro atoms. The zero-order chi connectivity index (χ0) is 22.4. The van der Waals surface area contributed by atoms with E-state index in [1.807, 2.05) is 6.92 Å². The standard InChI is InChI=1S/C23H24FNO6/c1-2-31-18-9-5-16(6-10-18)21(27)19-20(15-3-7-17(24)8-4-15)25(23(29)22(19)28)11-13-30-14-12-26/h3-10,20,26-27H,2,11-14H2,1H3/t20-/m1/s1. The Kier molecular flexibility index (Phi) is 7.38. The molecule has 2 N–H and O–H groups in total. The highest BCUT2D eigenvalue weighted by molar-refractivity contribution is 6.46. The first-order valence-electron chi connectivity index (χ1n) is 9.93. The highest BCUT2D eigenvalue weighted by Crippen LogP contribution is 2.39. The predicted octanol–water partition coefficient (Wildman–Crippen LogP) is 2.66. The Bertz CT molecular complexity index is 955. The number of halogens is 1. The Labute approximate surface area is 179 Å². The normalized spacial score (nSPS) is 17.9. The smallest absolute Gasteiger partial charge is 0.295 e. The molecule has 164 valence electrons. The number of aliphatic hydroxyl groups is 2. The number of carbonyl (C=O) groups excluding carboxylic acids is 2. The van der Waals surface area contributed by atoms with E-state index in [1.165, 1.54) is 29.2 Å². The minimum atomic E-state index is -0.898. The maximum absolute atomic E-state index is 13.5. The number of aliphatic hydroxyl groups excluding tert-OH is 2. The van der Waals surface area contributed by atoms with Gasteiger partial charge < -0.3 is 24.6 Å². The van der Waals surface area contributed by atoms with Crippen LogP contribution < -0.4 is 4.74 Å². The van der Waals surface area contributed by atoms with E-state index < -0.39 is 23.5 Å². The van der Waals surface area contributed by atoms with Crippen LogP contribution in [0.5, 0.6) is 5.75 Å². The number of Topliss-reactive ketones (excluding diaryl/α,β-unsaturated/α-hetero) is 1. The van der Waals surface area contributed by atoms with Crippen LogP contribution in [-0.4, -0.2) is 59.8 Å². The maximum Gasteiger partial charge on any atom is 0.295 e. The quantitative estimate of drug-likeness (QED) is 0.275. The molecule has 0 radical (unpaired) electrons. The van der Waals surface area contributed by atoms with Gasteiger partial charge in [-0.05, 0) is 48.9 Å². The fourth-order valence-electron chi connectivity index (χ4n) is 3.46. The van der Waals surface area contributed by atoms with Crippen molar-refractivity contribution in [2.24, 2.45) is 0 Å². The Balaban J connectivity index is 2.02. The Hall–Kier alpha value is -3.23. The molecule has 1 heterocycles. The highest BCUT2D eigenvalue weighted by Gasteiger charge is 2.45. The minimum Gasteiger partial charge on any atom is -0.507 e. The van der Waals surface area contributed by atoms with Crippen LogP contribution in [0, 0.1) is 5.82 Å². The molecular formula is C23H24FNO6. The first kappa shape index (κ1) is 22.5. The Morgan fingerprint density at radius 1 is 1.06 bits per heavy atom. The lowest BCUT2D eigenvalue weighted by atomic mass is 9.95. The second-order valence-corrected chi connectivity index (χ2v) is 6.84. The van der Waals surface area contributed by atoms with Gasteiger partial charge in [0.25, 0.3) is 11.7 Å². The summed E-state index contributed by atoms with van der Waals surface area (Å²) in [7, 11) is 0. The van der Waals surface area contributed by atoms with Gasteiger partial charge in [-0.25, -0.2) is 4.39 Å². The Morgan fingerprint density at radius 2 is 1.74 bits per heavy atom. The van der Waals surface area contributed by atoms with Gasteiger partial charge in [0.1, 0.15) is 17.3 Å². The van der Waals surface area contributed by atoms with Gasteiger partial charge in [-0.1, -0.05) is 12.1 Å². The number of rotatable bonds is 9. The van der Waals surface area contributed by atoms with Gasteiger partial charge in [-0.15, -0.1) is 0 Å². The Morgan fingerprint density at radius 3 is 2.35 bits per heavy atom. The lowest BCUT2D eigenvalue weighted by Gasteiger charge is -2.25. The van der Waals surface area contributed by atoms with Crippen molar-refractivity contribution in [3.05, 3.63) is 71.0 Å².